The normalized spacial score (nSPS) is 19.3. The van der Waals surface area contributed by atoms with Gasteiger partial charge in [-0.05, 0) is 78.6 Å². The number of aliphatic carboxylic acids is 8. The molecular formula is C43H48N4O16. The molecule has 20 heteroatoms. The largest absolute Gasteiger partial charge is 0.481 e. The molecule has 2 aliphatic heterocycles. The molecule has 63 heavy (non-hydrogen) atoms. The fraction of sp³-hybridized carbons (Fsp3) is 0.442. The molecule has 5 rings (SSSR count). The molecule has 0 aromatic carbocycles. The van der Waals surface area contributed by atoms with Crippen LogP contribution in [0.1, 0.15) is 128 Å². The Bertz CT molecular complexity index is 2590. The van der Waals surface area contributed by atoms with E-state index in [0.717, 1.165) is 0 Å². The zero-order valence-corrected chi connectivity index (χ0v) is 34.6. The fourth-order valence-electron chi connectivity index (χ4n) is 9.36. The number of aromatic nitrogens is 4. The van der Waals surface area contributed by atoms with Crippen molar-refractivity contribution in [3.05, 3.63) is 68.8 Å². The maximum absolute atomic E-state index is 12.7. The van der Waals surface area contributed by atoms with Gasteiger partial charge in [-0.15, -0.1) is 0 Å². The van der Waals surface area contributed by atoms with Crippen molar-refractivity contribution in [2.75, 3.05) is 0 Å². The highest BCUT2D eigenvalue weighted by atomic mass is 16.4. The van der Waals surface area contributed by atoms with Gasteiger partial charge >= 0.3 is 47.8 Å². The lowest BCUT2D eigenvalue weighted by atomic mass is 9.68. The number of aromatic amines is 2. The van der Waals surface area contributed by atoms with Crippen LogP contribution in [0, 0.1) is 6.92 Å². The van der Waals surface area contributed by atoms with Gasteiger partial charge in [0, 0.05) is 87.5 Å². The Hall–Kier alpha value is -7.12. The summed E-state index contributed by atoms with van der Waals surface area (Å²) < 4.78 is 0. The molecule has 3 aromatic heterocycles. The Morgan fingerprint density at radius 2 is 0.968 bits per heavy atom. The third-order valence-electron chi connectivity index (χ3n) is 12.2. The molecule has 336 valence electrons. The van der Waals surface area contributed by atoms with E-state index in [1.807, 2.05) is 0 Å². The Balaban J connectivity index is 2.14. The van der Waals surface area contributed by atoms with E-state index in [2.05, 4.69) is 9.97 Å². The first kappa shape index (κ1) is 46.9. The second-order valence-corrected chi connectivity index (χ2v) is 16.5. The molecule has 0 saturated carbocycles. The maximum atomic E-state index is 12.7. The number of carboxylic acids is 8. The first-order valence-electron chi connectivity index (χ1n) is 20.0. The van der Waals surface area contributed by atoms with Crippen LogP contribution in [0.25, 0.3) is 22.1 Å². The minimum Gasteiger partial charge on any atom is -0.481 e. The maximum Gasteiger partial charge on any atom is 0.307 e. The lowest BCUT2D eigenvalue weighted by Crippen LogP contribution is -2.32. The highest BCUT2D eigenvalue weighted by molar-refractivity contribution is 5.87. The van der Waals surface area contributed by atoms with E-state index in [9.17, 15) is 79.2 Å². The number of hydrogen-bond acceptors (Lipinski definition) is 10. The van der Waals surface area contributed by atoms with Gasteiger partial charge in [0.1, 0.15) is 0 Å². The summed E-state index contributed by atoms with van der Waals surface area (Å²) in [5.41, 5.74) is -1.18. The Labute approximate surface area is 357 Å². The molecule has 4 atom stereocenters. The number of rotatable bonds is 20. The minimum absolute atomic E-state index is 0.0724. The zero-order chi connectivity index (χ0) is 46.7. The molecule has 10 N–H and O–H groups in total. The van der Waals surface area contributed by atoms with Crippen molar-refractivity contribution in [2.24, 2.45) is 0 Å². The van der Waals surface area contributed by atoms with Gasteiger partial charge in [0.05, 0.1) is 31.4 Å². The fourth-order valence-corrected chi connectivity index (χ4v) is 9.36. The van der Waals surface area contributed by atoms with E-state index < -0.39 is 122 Å². The minimum atomic E-state index is -1.50. The Morgan fingerprint density at radius 3 is 1.48 bits per heavy atom. The molecule has 3 aromatic rings. The van der Waals surface area contributed by atoms with Crippen molar-refractivity contribution in [2.45, 2.75) is 120 Å². The van der Waals surface area contributed by atoms with E-state index in [0.29, 0.717) is 0 Å². The first-order chi connectivity index (χ1) is 29.4. The van der Waals surface area contributed by atoms with Crippen molar-refractivity contribution < 1.29 is 79.2 Å². The van der Waals surface area contributed by atoms with Gasteiger partial charge in [-0.25, -0.2) is 0 Å². The summed E-state index contributed by atoms with van der Waals surface area (Å²) in [6, 6.07) is 4.34. The van der Waals surface area contributed by atoms with E-state index in [4.69, 9.17) is 9.97 Å². The number of hydrogen-bond donors (Lipinski definition) is 10. The summed E-state index contributed by atoms with van der Waals surface area (Å²) in [5, 5.41) is 80.1. The average molecular weight is 877 g/mol. The standard InChI is InChI=1S/C43H48N4O16/c1-19-40-23(13-37(58)59)21(5-9-33(50)51)27(46-40)14-26-20(4-8-32(48)49)22(12-36(56)57)28(44-26)15-29-24(6-10-34(52)53)42(2,17-38(60)61)31(45-29)16-30-25(7-11-35(54)55)43(3,18-39(62)63)41(19)47-30/h14-16,24-25,44,46H,4-13,17-18H2,1-3H3,(H,48,49)(H,50,51)(H,52,53)(H,54,55)(H,56,57)(H,58,59)(H,60,61)(H,62,63)/t24-,25-,42+,43+/m1/s1. The van der Waals surface area contributed by atoms with Gasteiger partial charge in [0.2, 0.25) is 0 Å². The van der Waals surface area contributed by atoms with Crippen LogP contribution in [0.5, 0.6) is 0 Å². The van der Waals surface area contributed by atoms with E-state index >= 15 is 0 Å². The lowest BCUT2D eigenvalue weighted by Gasteiger charge is -2.32. The van der Waals surface area contributed by atoms with Crippen LogP contribution in [-0.2, 0) is 74.9 Å². The quantitative estimate of drug-likeness (QED) is 0.0736. The number of carbonyl (C=O) groups is 8. The van der Waals surface area contributed by atoms with Crippen LogP contribution in [0.2, 0.25) is 0 Å². The van der Waals surface area contributed by atoms with Crippen molar-refractivity contribution in [3.8, 4) is 0 Å². The number of H-pyrrole nitrogens is 2. The smallest absolute Gasteiger partial charge is 0.307 e. The molecule has 0 radical (unpaired) electrons. The highest BCUT2D eigenvalue weighted by Gasteiger charge is 2.49. The molecule has 8 bridgehead atoms. The molecule has 2 aliphatic rings. The van der Waals surface area contributed by atoms with E-state index in [-0.39, 0.29) is 98.3 Å². The van der Waals surface area contributed by atoms with Crippen LogP contribution in [0.15, 0.2) is 18.2 Å². The molecule has 20 nitrogen and oxygen atoms in total. The molecule has 0 unspecified atom stereocenters. The van der Waals surface area contributed by atoms with Gasteiger partial charge < -0.3 is 50.8 Å². The summed E-state index contributed by atoms with van der Waals surface area (Å²) in [5.74, 6) is -12.0. The summed E-state index contributed by atoms with van der Waals surface area (Å²) in [6.07, 6.45) is -5.18. The molecule has 0 aliphatic carbocycles. The van der Waals surface area contributed by atoms with Gasteiger partial charge in [0.25, 0.3) is 0 Å². The van der Waals surface area contributed by atoms with Crippen LogP contribution in [0.3, 0.4) is 0 Å². The number of nitrogens with one attached hydrogen (secondary N) is 2. The lowest BCUT2D eigenvalue weighted by molar-refractivity contribution is -0.140. The van der Waals surface area contributed by atoms with Gasteiger partial charge in [-0.1, -0.05) is 13.8 Å². The van der Waals surface area contributed by atoms with Crippen molar-refractivity contribution in [1.29, 1.82) is 0 Å². The molecule has 0 saturated heterocycles. The van der Waals surface area contributed by atoms with Crippen molar-refractivity contribution >= 4 is 69.8 Å². The number of nitrogens with zero attached hydrogens (tertiary/aromatic N) is 2. The summed E-state index contributed by atoms with van der Waals surface area (Å²) in [6.45, 7) is 4.66. The average Bonchev–Trinajstić information content (AvgIpc) is 3.80. The second kappa shape index (κ2) is 18.5. The molecule has 0 amide bonds. The topological polar surface area (TPSA) is 356 Å². The molecule has 0 spiro atoms. The highest BCUT2D eigenvalue weighted by Crippen LogP contribution is 2.52. The van der Waals surface area contributed by atoms with Crippen LogP contribution >= 0.6 is 0 Å². The van der Waals surface area contributed by atoms with E-state index in [1.54, 1.807) is 20.8 Å². The van der Waals surface area contributed by atoms with E-state index in [1.165, 1.54) is 18.2 Å². The predicted molar refractivity (Wildman–Crippen MR) is 219 cm³/mol. The summed E-state index contributed by atoms with van der Waals surface area (Å²) in [7, 11) is 0. The van der Waals surface area contributed by atoms with Gasteiger partial charge in [-0.3, -0.25) is 48.3 Å². The first-order valence-corrected chi connectivity index (χ1v) is 20.0. The molecule has 5 heterocycles. The van der Waals surface area contributed by atoms with Gasteiger partial charge in [-0.2, -0.15) is 0 Å². The van der Waals surface area contributed by atoms with Crippen LogP contribution in [0.4, 0.5) is 0 Å². The summed E-state index contributed by atoms with van der Waals surface area (Å²) >= 11 is 0. The monoisotopic (exact) mass is 876 g/mol. The zero-order valence-electron chi connectivity index (χ0n) is 34.6. The number of fused-ring (bicyclic) bond motifs is 8. The third kappa shape index (κ3) is 10.2. The molecular weight excluding hydrogens is 828 g/mol. The van der Waals surface area contributed by atoms with Crippen molar-refractivity contribution in [3.63, 3.8) is 0 Å². The van der Waals surface area contributed by atoms with Crippen LogP contribution in [-0.4, -0.2) is 109 Å². The number of aryl methyl sites for hydroxylation is 3. The Morgan fingerprint density at radius 1 is 0.524 bits per heavy atom. The van der Waals surface area contributed by atoms with Crippen LogP contribution < -0.4 is 0 Å². The van der Waals surface area contributed by atoms with Crippen molar-refractivity contribution in [1.82, 2.24) is 19.9 Å². The molecule has 0 fully saturated rings. The number of carboxylic acid groups (broad SMARTS) is 8. The Kier molecular flexibility index (Phi) is 13.8. The third-order valence-corrected chi connectivity index (χ3v) is 12.2. The summed E-state index contributed by atoms with van der Waals surface area (Å²) in [4.78, 5) is 114. The van der Waals surface area contributed by atoms with Gasteiger partial charge in [0.15, 0.2) is 0 Å². The predicted octanol–water partition coefficient (Wildman–Crippen LogP) is 4.67. The SMILES string of the molecule is Cc1c2nc(cc3nc(cc4[nH]c(cc5[nH]c1c(CC(=O)O)c5CCC(=O)O)c(CCC(=O)O)c4CC(=O)O)[C@@H](CCC(=O)O)[C@]3(C)CC(=O)O)[C@@H](CCC(=O)O)[C@]2(C)CC(=O)O. The second-order valence-electron chi connectivity index (χ2n) is 16.5.